The fourth-order valence-electron chi connectivity index (χ4n) is 3.44. The number of nitrogens with one attached hydrogen (secondary N) is 1. The average molecular weight is 355 g/mol. The van der Waals surface area contributed by atoms with Crippen LogP contribution in [-0.4, -0.2) is 43.1 Å². The molecule has 1 atom stereocenters. The van der Waals surface area contributed by atoms with E-state index in [4.69, 9.17) is 9.47 Å². The number of para-hydroxylation sites is 1. The normalized spacial score (nSPS) is 15.5. The van der Waals surface area contributed by atoms with Crippen LogP contribution in [0, 0.1) is 0 Å². The van der Waals surface area contributed by atoms with E-state index in [0.29, 0.717) is 18.0 Å². The van der Waals surface area contributed by atoms with Crippen LogP contribution in [0.15, 0.2) is 42.7 Å². The van der Waals surface area contributed by atoms with Crippen LogP contribution in [0.25, 0.3) is 0 Å². The third-order valence-electron chi connectivity index (χ3n) is 4.69. The lowest BCUT2D eigenvalue weighted by molar-refractivity contribution is -0.126. The lowest BCUT2D eigenvalue weighted by Crippen LogP contribution is -2.39. The van der Waals surface area contributed by atoms with Crippen molar-refractivity contribution in [3.05, 3.63) is 53.9 Å². The zero-order chi connectivity index (χ0) is 18.4. The summed E-state index contributed by atoms with van der Waals surface area (Å²) in [4.78, 5) is 19.4. The maximum atomic E-state index is 13.0. The van der Waals surface area contributed by atoms with E-state index in [1.807, 2.05) is 30.3 Å². The number of hydrogen-bond acceptors (Lipinski definition) is 5. The second-order valence-corrected chi connectivity index (χ2v) is 6.30. The lowest BCUT2D eigenvalue weighted by Gasteiger charge is -2.26. The number of amides is 1. The van der Waals surface area contributed by atoms with Gasteiger partial charge in [0, 0.05) is 24.5 Å². The Kier molecular flexibility index (Phi) is 6.07. The molecule has 3 rings (SSSR count). The van der Waals surface area contributed by atoms with Crippen LogP contribution in [0.3, 0.4) is 0 Å². The topological polar surface area (TPSA) is 63.7 Å². The number of carbonyl (C=O) groups is 1. The highest BCUT2D eigenvalue weighted by molar-refractivity contribution is 5.83. The summed E-state index contributed by atoms with van der Waals surface area (Å²) < 4.78 is 10.8. The summed E-state index contributed by atoms with van der Waals surface area (Å²) in [5.74, 6) is 1.28. The fraction of sp³-hybridized carbons (Fsp3) is 0.400. The van der Waals surface area contributed by atoms with E-state index in [0.717, 1.165) is 37.1 Å². The Bertz CT molecular complexity index is 730. The van der Waals surface area contributed by atoms with Crippen molar-refractivity contribution >= 4 is 5.91 Å². The molecule has 0 aliphatic carbocycles. The smallest absolute Gasteiger partial charge is 0.242 e. The first-order valence-electron chi connectivity index (χ1n) is 8.86. The van der Waals surface area contributed by atoms with Gasteiger partial charge in [-0.2, -0.15) is 0 Å². The van der Waals surface area contributed by atoms with Crippen molar-refractivity contribution in [2.75, 3.05) is 27.3 Å². The van der Waals surface area contributed by atoms with Crippen molar-refractivity contribution in [3.63, 3.8) is 0 Å². The van der Waals surface area contributed by atoms with E-state index in [-0.39, 0.29) is 11.9 Å². The number of hydrogen-bond donors (Lipinski definition) is 1. The minimum Gasteiger partial charge on any atom is -0.493 e. The van der Waals surface area contributed by atoms with E-state index < -0.39 is 0 Å². The van der Waals surface area contributed by atoms with Gasteiger partial charge in [0.15, 0.2) is 11.5 Å². The predicted molar refractivity (Wildman–Crippen MR) is 99.2 cm³/mol. The van der Waals surface area contributed by atoms with E-state index in [1.54, 1.807) is 26.6 Å². The number of benzene rings is 1. The van der Waals surface area contributed by atoms with Gasteiger partial charge in [-0.15, -0.1) is 0 Å². The highest BCUT2D eigenvalue weighted by Gasteiger charge is 2.29. The standard InChI is InChI=1S/C20H25N3O3/c1-25-17-9-5-7-16(19(17)26-2)14-22-20(24)18(23-11-3-4-12-23)15-8-6-10-21-13-15/h5-10,13,18H,3-4,11-12,14H2,1-2H3,(H,22,24). The van der Waals surface area contributed by atoms with Crippen LogP contribution in [0.2, 0.25) is 0 Å². The van der Waals surface area contributed by atoms with Gasteiger partial charge in [0.25, 0.3) is 0 Å². The fourth-order valence-corrected chi connectivity index (χ4v) is 3.44. The minimum atomic E-state index is -0.317. The van der Waals surface area contributed by atoms with Crippen molar-refractivity contribution in [3.8, 4) is 11.5 Å². The molecule has 6 nitrogen and oxygen atoms in total. The molecule has 2 aromatic rings. The third-order valence-corrected chi connectivity index (χ3v) is 4.69. The van der Waals surface area contributed by atoms with E-state index in [9.17, 15) is 4.79 Å². The molecule has 26 heavy (non-hydrogen) atoms. The Labute approximate surface area is 154 Å². The molecule has 2 heterocycles. The van der Waals surface area contributed by atoms with Gasteiger partial charge in [-0.1, -0.05) is 18.2 Å². The zero-order valence-electron chi connectivity index (χ0n) is 15.3. The summed E-state index contributed by atoms with van der Waals surface area (Å²) in [7, 11) is 3.21. The number of ether oxygens (including phenoxy) is 2. The van der Waals surface area contributed by atoms with Crippen molar-refractivity contribution in [1.82, 2.24) is 15.2 Å². The second kappa shape index (κ2) is 8.67. The van der Waals surface area contributed by atoms with Gasteiger partial charge in [-0.05, 0) is 43.6 Å². The minimum absolute atomic E-state index is 0.0234. The molecule has 1 aliphatic heterocycles. The van der Waals surface area contributed by atoms with Gasteiger partial charge in [0.2, 0.25) is 5.91 Å². The molecular formula is C20H25N3O3. The Morgan fingerprint density at radius 3 is 2.65 bits per heavy atom. The van der Waals surface area contributed by atoms with Gasteiger partial charge in [0.05, 0.1) is 14.2 Å². The molecule has 1 fully saturated rings. The summed E-state index contributed by atoms with van der Waals surface area (Å²) in [6, 6.07) is 9.17. The maximum absolute atomic E-state index is 13.0. The van der Waals surface area contributed by atoms with Crippen LogP contribution >= 0.6 is 0 Å². The number of nitrogens with zero attached hydrogens (tertiary/aromatic N) is 2. The molecule has 1 amide bonds. The quantitative estimate of drug-likeness (QED) is 0.827. The van der Waals surface area contributed by atoms with Crippen molar-refractivity contribution in [2.24, 2.45) is 0 Å². The monoisotopic (exact) mass is 355 g/mol. The highest BCUT2D eigenvalue weighted by Crippen LogP contribution is 2.31. The number of aromatic nitrogens is 1. The van der Waals surface area contributed by atoms with Crippen LogP contribution in [0.5, 0.6) is 11.5 Å². The predicted octanol–water partition coefficient (Wildman–Crippen LogP) is 2.55. The van der Waals surface area contributed by atoms with E-state index >= 15 is 0 Å². The molecule has 1 N–H and O–H groups in total. The van der Waals surface area contributed by atoms with E-state index in [1.165, 1.54) is 0 Å². The van der Waals surface area contributed by atoms with Crippen molar-refractivity contribution in [2.45, 2.75) is 25.4 Å². The maximum Gasteiger partial charge on any atom is 0.242 e. The molecule has 1 aromatic heterocycles. The van der Waals surface area contributed by atoms with Gasteiger partial charge in [-0.25, -0.2) is 0 Å². The molecule has 1 aliphatic rings. The first kappa shape index (κ1) is 18.2. The molecule has 1 saturated heterocycles. The van der Waals surface area contributed by atoms with Gasteiger partial charge in [0.1, 0.15) is 6.04 Å². The Hall–Kier alpha value is -2.60. The van der Waals surface area contributed by atoms with E-state index in [2.05, 4.69) is 15.2 Å². The molecule has 0 spiro atoms. The van der Waals surface area contributed by atoms with Crippen molar-refractivity contribution in [1.29, 1.82) is 0 Å². The second-order valence-electron chi connectivity index (χ2n) is 6.30. The van der Waals surface area contributed by atoms with Gasteiger partial charge >= 0.3 is 0 Å². The number of likely N-dealkylation sites (tertiary alicyclic amines) is 1. The van der Waals surface area contributed by atoms with Crippen LogP contribution in [0.4, 0.5) is 0 Å². The molecule has 1 unspecified atom stereocenters. The van der Waals surface area contributed by atoms with Crippen LogP contribution in [-0.2, 0) is 11.3 Å². The third kappa shape index (κ3) is 3.96. The van der Waals surface area contributed by atoms with Gasteiger partial charge < -0.3 is 14.8 Å². The summed E-state index contributed by atoms with van der Waals surface area (Å²) in [6.07, 6.45) is 5.74. The number of methoxy groups -OCH3 is 2. The number of rotatable bonds is 7. The average Bonchev–Trinajstić information content (AvgIpc) is 3.21. The molecule has 138 valence electrons. The number of pyridine rings is 1. The van der Waals surface area contributed by atoms with Gasteiger partial charge in [-0.3, -0.25) is 14.7 Å². The Morgan fingerprint density at radius 2 is 2.00 bits per heavy atom. The summed E-state index contributed by atoms with van der Waals surface area (Å²) in [5.41, 5.74) is 1.80. The molecule has 1 aromatic carbocycles. The zero-order valence-corrected chi connectivity index (χ0v) is 15.3. The SMILES string of the molecule is COc1cccc(CNC(=O)C(c2cccnc2)N2CCCC2)c1OC. The molecular weight excluding hydrogens is 330 g/mol. The van der Waals surface area contributed by atoms with Crippen LogP contribution < -0.4 is 14.8 Å². The Balaban J connectivity index is 1.76. The largest absolute Gasteiger partial charge is 0.493 e. The molecule has 0 bridgehead atoms. The summed E-state index contributed by atoms with van der Waals surface area (Å²) in [5, 5.41) is 3.06. The first-order valence-corrected chi connectivity index (χ1v) is 8.86. The Morgan fingerprint density at radius 1 is 1.19 bits per heavy atom. The lowest BCUT2D eigenvalue weighted by atomic mass is 10.1. The molecule has 6 heteroatoms. The molecule has 0 saturated carbocycles. The summed E-state index contributed by atoms with van der Waals surface area (Å²) in [6.45, 7) is 2.23. The number of carbonyl (C=O) groups excluding carboxylic acids is 1. The molecule has 0 radical (unpaired) electrons. The van der Waals surface area contributed by atoms with Crippen LogP contribution in [0.1, 0.15) is 30.0 Å². The van der Waals surface area contributed by atoms with Crippen molar-refractivity contribution < 1.29 is 14.3 Å². The first-order chi connectivity index (χ1) is 12.7. The summed E-state index contributed by atoms with van der Waals surface area (Å²) >= 11 is 0. The highest BCUT2D eigenvalue weighted by atomic mass is 16.5.